The first-order valence-corrected chi connectivity index (χ1v) is 8.29. The van der Waals surface area contributed by atoms with Gasteiger partial charge in [0.25, 0.3) is 0 Å². The fourth-order valence-electron chi connectivity index (χ4n) is 2.19. The van der Waals surface area contributed by atoms with Crippen molar-refractivity contribution in [3.63, 3.8) is 0 Å². The van der Waals surface area contributed by atoms with Crippen LogP contribution in [0.1, 0.15) is 38.3 Å². The summed E-state index contributed by atoms with van der Waals surface area (Å²) in [4.78, 5) is 12.0. The number of carbonyl (C=O) groups excluding carboxylic acids is 1. The van der Waals surface area contributed by atoms with Crippen LogP contribution in [0.2, 0.25) is 0 Å². The predicted molar refractivity (Wildman–Crippen MR) is 96.2 cm³/mol. The second-order valence-electron chi connectivity index (χ2n) is 6.50. The number of aryl methyl sites for hydroxylation is 1. The minimum absolute atomic E-state index is 0.0437. The van der Waals surface area contributed by atoms with Crippen LogP contribution in [0.25, 0.3) is 0 Å². The molecule has 2 aromatic carbocycles. The Bertz CT molecular complexity index is 624. The van der Waals surface area contributed by atoms with Crippen LogP contribution in [0.5, 0.6) is 0 Å². The molecule has 0 saturated carbocycles. The van der Waals surface area contributed by atoms with E-state index in [9.17, 15) is 4.79 Å². The zero-order valence-corrected chi connectivity index (χ0v) is 14.9. The molecular weight excluding hydrogens is 338 g/mol. The highest BCUT2D eigenvalue weighted by Crippen LogP contribution is 2.22. The molecule has 0 fully saturated rings. The number of carbonyl (C=O) groups is 1. The van der Waals surface area contributed by atoms with E-state index < -0.39 is 0 Å². The maximum Gasteiger partial charge on any atom is 0.224 e. The van der Waals surface area contributed by atoms with Gasteiger partial charge >= 0.3 is 0 Å². The van der Waals surface area contributed by atoms with Crippen molar-refractivity contribution in [3.05, 3.63) is 64.1 Å². The van der Waals surface area contributed by atoms with Gasteiger partial charge in [-0.25, -0.2) is 0 Å². The smallest absolute Gasteiger partial charge is 0.224 e. The number of anilines is 1. The van der Waals surface area contributed by atoms with Gasteiger partial charge in [0.1, 0.15) is 0 Å². The standard InChI is InChI=1S/C19H22BrNO/c1-19(2,3)15-7-4-14(5-8-15)6-13-18(22)21-17-11-9-16(20)10-12-17/h4-5,7-12H,6,13H2,1-3H3,(H,21,22). The number of halogens is 1. The van der Waals surface area contributed by atoms with E-state index in [4.69, 9.17) is 0 Å². The Morgan fingerprint density at radius 2 is 1.59 bits per heavy atom. The molecule has 0 saturated heterocycles. The molecule has 0 spiro atoms. The Morgan fingerprint density at radius 1 is 1.00 bits per heavy atom. The minimum Gasteiger partial charge on any atom is -0.326 e. The van der Waals surface area contributed by atoms with Crippen LogP contribution >= 0.6 is 15.9 Å². The monoisotopic (exact) mass is 359 g/mol. The molecule has 0 aliphatic rings. The second-order valence-corrected chi connectivity index (χ2v) is 7.42. The zero-order chi connectivity index (χ0) is 16.2. The van der Waals surface area contributed by atoms with E-state index in [1.807, 2.05) is 24.3 Å². The predicted octanol–water partition coefficient (Wildman–Crippen LogP) is 5.32. The summed E-state index contributed by atoms with van der Waals surface area (Å²) in [6, 6.07) is 16.2. The van der Waals surface area contributed by atoms with Gasteiger partial charge in [0, 0.05) is 16.6 Å². The molecule has 0 bridgehead atoms. The molecule has 0 unspecified atom stereocenters. The normalized spacial score (nSPS) is 11.3. The lowest BCUT2D eigenvalue weighted by Gasteiger charge is -2.19. The van der Waals surface area contributed by atoms with Crippen LogP contribution in [0.3, 0.4) is 0 Å². The Labute approximate surface area is 141 Å². The van der Waals surface area contributed by atoms with Gasteiger partial charge in [-0.3, -0.25) is 4.79 Å². The zero-order valence-electron chi connectivity index (χ0n) is 13.3. The summed E-state index contributed by atoms with van der Waals surface area (Å²) in [5.41, 5.74) is 3.50. The summed E-state index contributed by atoms with van der Waals surface area (Å²) in [6.07, 6.45) is 1.25. The van der Waals surface area contributed by atoms with Crippen molar-refractivity contribution in [1.29, 1.82) is 0 Å². The van der Waals surface area contributed by atoms with E-state index >= 15 is 0 Å². The number of nitrogens with one attached hydrogen (secondary N) is 1. The maximum absolute atomic E-state index is 12.0. The lowest BCUT2D eigenvalue weighted by molar-refractivity contribution is -0.116. The molecule has 2 nitrogen and oxygen atoms in total. The fraction of sp³-hybridized carbons (Fsp3) is 0.316. The minimum atomic E-state index is 0.0437. The summed E-state index contributed by atoms with van der Waals surface area (Å²) in [6.45, 7) is 6.61. The van der Waals surface area contributed by atoms with Crippen LogP contribution in [-0.4, -0.2) is 5.91 Å². The molecule has 0 aliphatic heterocycles. The van der Waals surface area contributed by atoms with Crippen molar-refractivity contribution in [1.82, 2.24) is 0 Å². The molecule has 0 radical (unpaired) electrons. The number of hydrogen-bond donors (Lipinski definition) is 1. The van der Waals surface area contributed by atoms with E-state index in [-0.39, 0.29) is 11.3 Å². The largest absolute Gasteiger partial charge is 0.326 e. The average molecular weight is 360 g/mol. The molecule has 116 valence electrons. The van der Waals surface area contributed by atoms with E-state index in [0.29, 0.717) is 6.42 Å². The van der Waals surface area contributed by atoms with Gasteiger partial charge in [-0.15, -0.1) is 0 Å². The van der Waals surface area contributed by atoms with Crippen molar-refractivity contribution in [2.75, 3.05) is 5.32 Å². The van der Waals surface area contributed by atoms with E-state index in [1.165, 1.54) is 11.1 Å². The van der Waals surface area contributed by atoms with Crippen LogP contribution in [0, 0.1) is 0 Å². The number of rotatable bonds is 4. The number of amides is 1. The van der Waals surface area contributed by atoms with Crippen molar-refractivity contribution in [2.45, 2.75) is 39.0 Å². The van der Waals surface area contributed by atoms with E-state index in [0.717, 1.165) is 16.6 Å². The summed E-state index contributed by atoms with van der Waals surface area (Å²) in [5.74, 6) is 0.0437. The summed E-state index contributed by atoms with van der Waals surface area (Å²) >= 11 is 3.38. The second kappa shape index (κ2) is 7.10. The Hall–Kier alpha value is -1.61. The first kappa shape index (κ1) is 16.8. The Morgan fingerprint density at radius 3 is 2.14 bits per heavy atom. The maximum atomic E-state index is 12.0. The first-order chi connectivity index (χ1) is 10.3. The van der Waals surface area contributed by atoms with Gasteiger partial charge in [0.2, 0.25) is 5.91 Å². The quantitative estimate of drug-likeness (QED) is 0.786. The Kier molecular flexibility index (Phi) is 5.41. The molecule has 1 N–H and O–H groups in total. The van der Waals surface area contributed by atoms with E-state index in [2.05, 4.69) is 66.3 Å². The third-order valence-electron chi connectivity index (χ3n) is 3.59. The summed E-state index contributed by atoms with van der Waals surface area (Å²) in [7, 11) is 0. The average Bonchev–Trinajstić information content (AvgIpc) is 2.47. The van der Waals surface area contributed by atoms with Crippen LogP contribution in [0.15, 0.2) is 53.0 Å². The van der Waals surface area contributed by atoms with Gasteiger partial charge in [-0.05, 0) is 47.2 Å². The fourth-order valence-corrected chi connectivity index (χ4v) is 2.45. The number of benzene rings is 2. The third-order valence-corrected chi connectivity index (χ3v) is 4.12. The molecule has 3 heteroatoms. The van der Waals surface area contributed by atoms with Gasteiger partial charge < -0.3 is 5.32 Å². The molecule has 2 rings (SSSR count). The van der Waals surface area contributed by atoms with Crippen molar-refractivity contribution >= 4 is 27.5 Å². The molecule has 0 heterocycles. The topological polar surface area (TPSA) is 29.1 Å². The van der Waals surface area contributed by atoms with Gasteiger partial charge in [0.05, 0.1) is 0 Å². The molecule has 1 amide bonds. The highest BCUT2D eigenvalue weighted by atomic mass is 79.9. The lowest BCUT2D eigenvalue weighted by Crippen LogP contribution is -2.13. The van der Waals surface area contributed by atoms with Crippen LogP contribution in [-0.2, 0) is 16.6 Å². The SMILES string of the molecule is CC(C)(C)c1ccc(CCC(=O)Nc2ccc(Br)cc2)cc1. The summed E-state index contributed by atoms with van der Waals surface area (Å²) in [5, 5.41) is 2.92. The van der Waals surface area contributed by atoms with Crippen LogP contribution in [0.4, 0.5) is 5.69 Å². The van der Waals surface area contributed by atoms with Crippen LogP contribution < -0.4 is 5.32 Å². The molecule has 0 atom stereocenters. The molecule has 0 aromatic heterocycles. The third kappa shape index (κ3) is 4.99. The van der Waals surface area contributed by atoms with Crippen molar-refractivity contribution < 1.29 is 4.79 Å². The Balaban J connectivity index is 1.87. The van der Waals surface area contributed by atoms with Gasteiger partial charge in [0.15, 0.2) is 0 Å². The highest BCUT2D eigenvalue weighted by Gasteiger charge is 2.13. The van der Waals surface area contributed by atoms with Gasteiger partial charge in [-0.1, -0.05) is 61.0 Å². The first-order valence-electron chi connectivity index (χ1n) is 7.49. The molecule has 0 aliphatic carbocycles. The molecule has 22 heavy (non-hydrogen) atoms. The lowest BCUT2D eigenvalue weighted by atomic mass is 9.86. The molecule has 2 aromatic rings. The van der Waals surface area contributed by atoms with Gasteiger partial charge in [-0.2, -0.15) is 0 Å². The van der Waals surface area contributed by atoms with Crippen molar-refractivity contribution in [3.8, 4) is 0 Å². The van der Waals surface area contributed by atoms with E-state index in [1.54, 1.807) is 0 Å². The van der Waals surface area contributed by atoms with Crippen molar-refractivity contribution in [2.24, 2.45) is 0 Å². The molecular formula is C19H22BrNO. The summed E-state index contributed by atoms with van der Waals surface area (Å²) < 4.78 is 1.00. The highest BCUT2D eigenvalue weighted by molar-refractivity contribution is 9.10. The number of hydrogen-bond acceptors (Lipinski definition) is 1.